The highest BCUT2D eigenvalue weighted by Crippen LogP contribution is 2.34. The van der Waals surface area contributed by atoms with Crippen molar-refractivity contribution in [1.82, 2.24) is 30.0 Å². The first kappa shape index (κ1) is 20.0. The highest BCUT2D eigenvalue weighted by Gasteiger charge is 2.32. The van der Waals surface area contributed by atoms with Crippen molar-refractivity contribution in [2.75, 3.05) is 39.3 Å². The molecule has 2 aliphatic rings. The summed E-state index contributed by atoms with van der Waals surface area (Å²) in [7, 11) is 0. The van der Waals surface area contributed by atoms with Gasteiger partial charge in [-0.25, -0.2) is 4.68 Å². The smallest absolute Gasteiger partial charge is 0.173 e. The van der Waals surface area contributed by atoms with Gasteiger partial charge in [-0.15, -0.1) is 11.7 Å². The Kier molecular flexibility index (Phi) is 6.56. The summed E-state index contributed by atoms with van der Waals surface area (Å²) < 4.78 is 7.75. The fraction of sp³-hybridized carbons (Fsp3) is 0.591. The first-order valence-electron chi connectivity index (χ1n) is 10.9. The van der Waals surface area contributed by atoms with E-state index in [4.69, 9.17) is 4.74 Å². The van der Waals surface area contributed by atoms with Gasteiger partial charge in [0.05, 0.1) is 18.7 Å². The molecule has 0 N–H and O–H groups in total. The predicted octanol–water partition coefficient (Wildman–Crippen LogP) is 3.08. The fourth-order valence-corrected chi connectivity index (χ4v) is 4.61. The van der Waals surface area contributed by atoms with Crippen LogP contribution < -0.4 is 4.74 Å². The summed E-state index contributed by atoms with van der Waals surface area (Å²) in [6.07, 6.45) is 6.85. The zero-order chi connectivity index (χ0) is 20.1. The maximum absolute atomic E-state index is 5.65. The Balaban J connectivity index is 1.63. The molecular formula is C22H32N6O. The van der Waals surface area contributed by atoms with Crippen molar-refractivity contribution in [3.8, 4) is 5.75 Å². The van der Waals surface area contributed by atoms with Crippen molar-refractivity contribution < 1.29 is 4.74 Å². The average molecular weight is 397 g/mol. The van der Waals surface area contributed by atoms with E-state index in [1.807, 2.05) is 13.0 Å². The van der Waals surface area contributed by atoms with Crippen LogP contribution in [0.3, 0.4) is 0 Å². The van der Waals surface area contributed by atoms with Crippen molar-refractivity contribution in [2.24, 2.45) is 0 Å². The van der Waals surface area contributed by atoms with Gasteiger partial charge in [0.25, 0.3) is 0 Å². The second-order valence-corrected chi connectivity index (χ2v) is 7.95. The van der Waals surface area contributed by atoms with E-state index in [2.05, 4.69) is 60.9 Å². The molecule has 1 aliphatic carbocycles. The van der Waals surface area contributed by atoms with Crippen molar-refractivity contribution in [1.29, 1.82) is 0 Å². The first-order valence-corrected chi connectivity index (χ1v) is 10.9. The van der Waals surface area contributed by atoms with Crippen LogP contribution in [0.4, 0.5) is 0 Å². The van der Waals surface area contributed by atoms with Gasteiger partial charge in [0.2, 0.25) is 0 Å². The standard InChI is InChI=1S/C22H32N6O/c1-3-13-26-14-16-27(17-15-26)21(18-9-11-20(12-10-18)29-4-2)22-23-24-25-28(22)19-7-5-6-8-19/h3,9-12,19,21H,1,4-8,13-17H2,2H3. The zero-order valence-corrected chi connectivity index (χ0v) is 17.4. The summed E-state index contributed by atoms with van der Waals surface area (Å²) in [4.78, 5) is 4.96. The minimum Gasteiger partial charge on any atom is -0.494 e. The molecule has 0 amide bonds. The molecule has 2 heterocycles. The highest BCUT2D eigenvalue weighted by molar-refractivity contribution is 5.32. The number of benzene rings is 1. The lowest BCUT2D eigenvalue weighted by Gasteiger charge is -2.38. The normalized spacial score (nSPS) is 20.0. The van der Waals surface area contributed by atoms with E-state index in [0.717, 1.165) is 44.3 Å². The van der Waals surface area contributed by atoms with Gasteiger partial charge in [0.1, 0.15) is 5.75 Å². The number of rotatable bonds is 8. The molecule has 1 unspecified atom stereocenters. The lowest BCUT2D eigenvalue weighted by atomic mass is 10.0. The van der Waals surface area contributed by atoms with Gasteiger partial charge in [0, 0.05) is 32.7 Å². The molecule has 0 bridgehead atoms. The third-order valence-corrected chi connectivity index (χ3v) is 6.10. The zero-order valence-electron chi connectivity index (χ0n) is 17.4. The topological polar surface area (TPSA) is 59.3 Å². The lowest BCUT2D eigenvalue weighted by Crippen LogP contribution is -2.48. The summed E-state index contributed by atoms with van der Waals surface area (Å²) in [6.45, 7) is 11.6. The van der Waals surface area contributed by atoms with E-state index in [0.29, 0.717) is 12.6 Å². The molecule has 29 heavy (non-hydrogen) atoms. The van der Waals surface area contributed by atoms with Gasteiger partial charge in [-0.2, -0.15) is 0 Å². The number of aromatic nitrogens is 4. The minimum atomic E-state index is 0.0622. The van der Waals surface area contributed by atoms with E-state index in [1.165, 1.54) is 31.2 Å². The number of ether oxygens (including phenoxy) is 1. The van der Waals surface area contributed by atoms with Gasteiger partial charge in [-0.3, -0.25) is 9.80 Å². The lowest BCUT2D eigenvalue weighted by molar-refractivity contribution is 0.111. The van der Waals surface area contributed by atoms with E-state index >= 15 is 0 Å². The summed E-state index contributed by atoms with van der Waals surface area (Å²) in [5, 5.41) is 13.0. The molecule has 7 nitrogen and oxygen atoms in total. The SMILES string of the molecule is C=CCN1CCN(C(c2ccc(OCC)cc2)c2nnnn2C2CCCC2)CC1. The fourth-order valence-electron chi connectivity index (χ4n) is 4.61. The molecule has 2 aromatic rings. The predicted molar refractivity (Wildman–Crippen MR) is 113 cm³/mol. The molecule has 1 aromatic heterocycles. The quantitative estimate of drug-likeness (QED) is 0.639. The van der Waals surface area contributed by atoms with Crippen molar-refractivity contribution in [3.05, 3.63) is 48.3 Å². The molecule has 1 saturated heterocycles. The monoisotopic (exact) mass is 396 g/mol. The number of hydrogen-bond acceptors (Lipinski definition) is 6. The first-order chi connectivity index (χ1) is 14.3. The van der Waals surface area contributed by atoms with E-state index in [1.54, 1.807) is 0 Å². The van der Waals surface area contributed by atoms with E-state index in [-0.39, 0.29) is 6.04 Å². The molecule has 156 valence electrons. The molecule has 4 rings (SSSR count). The van der Waals surface area contributed by atoms with Gasteiger partial charge < -0.3 is 4.74 Å². The largest absolute Gasteiger partial charge is 0.494 e. The molecular weight excluding hydrogens is 364 g/mol. The Morgan fingerprint density at radius 2 is 1.86 bits per heavy atom. The summed E-state index contributed by atoms with van der Waals surface area (Å²) in [6, 6.07) is 8.94. The maximum Gasteiger partial charge on any atom is 0.173 e. The number of nitrogens with zero attached hydrogens (tertiary/aromatic N) is 6. The molecule has 0 spiro atoms. The summed E-state index contributed by atoms with van der Waals surface area (Å²) in [5.74, 6) is 1.87. The third-order valence-electron chi connectivity index (χ3n) is 6.10. The molecule has 0 radical (unpaired) electrons. The van der Waals surface area contributed by atoms with E-state index in [9.17, 15) is 0 Å². The van der Waals surface area contributed by atoms with Crippen LogP contribution in [0.5, 0.6) is 5.75 Å². The van der Waals surface area contributed by atoms with Gasteiger partial charge >= 0.3 is 0 Å². The van der Waals surface area contributed by atoms with Crippen LogP contribution in [0.15, 0.2) is 36.9 Å². The Morgan fingerprint density at radius 1 is 1.14 bits per heavy atom. The minimum absolute atomic E-state index is 0.0622. The summed E-state index contributed by atoms with van der Waals surface area (Å²) >= 11 is 0. The average Bonchev–Trinajstić information content (AvgIpc) is 3.43. The van der Waals surface area contributed by atoms with Crippen molar-refractivity contribution in [3.63, 3.8) is 0 Å². The Bertz CT molecular complexity index is 775. The number of piperazine rings is 1. The van der Waals surface area contributed by atoms with Crippen LogP contribution in [0, 0.1) is 0 Å². The Hall–Kier alpha value is -2.25. The van der Waals surface area contributed by atoms with Gasteiger partial charge in [-0.05, 0) is 47.9 Å². The maximum atomic E-state index is 5.65. The van der Waals surface area contributed by atoms with Crippen LogP contribution in [0.25, 0.3) is 0 Å². The van der Waals surface area contributed by atoms with Crippen LogP contribution >= 0.6 is 0 Å². The van der Waals surface area contributed by atoms with Crippen LogP contribution in [0.1, 0.15) is 56.1 Å². The molecule has 1 aromatic carbocycles. The van der Waals surface area contributed by atoms with Crippen molar-refractivity contribution in [2.45, 2.75) is 44.7 Å². The number of hydrogen-bond donors (Lipinski definition) is 0. The number of tetrazole rings is 1. The molecule has 1 saturated carbocycles. The van der Waals surface area contributed by atoms with Crippen molar-refractivity contribution >= 4 is 0 Å². The molecule has 7 heteroatoms. The Labute approximate surface area is 173 Å². The van der Waals surface area contributed by atoms with Crippen LogP contribution in [-0.2, 0) is 0 Å². The van der Waals surface area contributed by atoms with E-state index < -0.39 is 0 Å². The molecule has 1 atom stereocenters. The molecule has 2 fully saturated rings. The Morgan fingerprint density at radius 3 is 2.52 bits per heavy atom. The summed E-state index contributed by atoms with van der Waals surface area (Å²) in [5.41, 5.74) is 1.22. The van der Waals surface area contributed by atoms with Gasteiger partial charge in [-0.1, -0.05) is 31.1 Å². The highest BCUT2D eigenvalue weighted by atomic mass is 16.5. The third kappa shape index (κ3) is 4.51. The van der Waals surface area contributed by atoms with Crippen LogP contribution in [-0.4, -0.2) is 69.3 Å². The van der Waals surface area contributed by atoms with Gasteiger partial charge in [0.15, 0.2) is 5.82 Å². The molecule has 1 aliphatic heterocycles. The van der Waals surface area contributed by atoms with Crippen LogP contribution in [0.2, 0.25) is 0 Å². The second kappa shape index (κ2) is 9.50. The second-order valence-electron chi connectivity index (χ2n) is 7.95.